The first-order valence-electron chi connectivity index (χ1n) is 12.0. The molecule has 5 saturated carbocycles. The van der Waals surface area contributed by atoms with Crippen LogP contribution in [0.15, 0.2) is 42.5 Å². The number of fused-ring (bicyclic) bond motifs is 2. The highest BCUT2D eigenvalue weighted by atomic mass is 16.5. The highest BCUT2D eigenvalue weighted by molar-refractivity contribution is 6.03. The number of hydrogen-bond acceptors (Lipinski definition) is 5. The van der Waals surface area contributed by atoms with Gasteiger partial charge in [-0.25, -0.2) is 4.79 Å². The molecule has 5 aliphatic carbocycles. The van der Waals surface area contributed by atoms with E-state index in [4.69, 9.17) is 9.47 Å². The molecule has 7 atom stereocenters. The van der Waals surface area contributed by atoms with Crippen molar-refractivity contribution >= 4 is 17.7 Å². The van der Waals surface area contributed by atoms with Crippen molar-refractivity contribution in [2.75, 3.05) is 6.61 Å². The highest BCUT2D eigenvalue weighted by Gasteiger charge is 2.76. The third kappa shape index (κ3) is 2.32. The van der Waals surface area contributed by atoms with Gasteiger partial charge in [0.2, 0.25) is 0 Å². The minimum Gasteiger partial charge on any atom is -0.465 e. The van der Waals surface area contributed by atoms with Crippen LogP contribution in [-0.2, 0) is 19.1 Å². The van der Waals surface area contributed by atoms with Gasteiger partial charge < -0.3 is 9.47 Å². The number of ether oxygens (including phenoxy) is 2. The van der Waals surface area contributed by atoms with Gasteiger partial charge in [0.15, 0.2) is 5.78 Å². The molecular weight excluding hydrogens is 404 g/mol. The van der Waals surface area contributed by atoms with Crippen molar-refractivity contribution in [1.29, 1.82) is 0 Å². The molecule has 5 heteroatoms. The summed E-state index contributed by atoms with van der Waals surface area (Å²) in [5.41, 5.74) is -0.490. The van der Waals surface area contributed by atoms with Gasteiger partial charge in [-0.05, 0) is 74.0 Å². The normalized spacial score (nSPS) is 44.3. The molecule has 1 spiro atoms. The van der Waals surface area contributed by atoms with Crippen LogP contribution in [0.5, 0.6) is 0 Å². The van der Waals surface area contributed by atoms with Crippen LogP contribution < -0.4 is 0 Å². The number of allylic oxidation sites excluding steroid dienone is 1. The second-order valence-electron chi connectivity index (χ2n) is 11.1. The summed E-state index contributed by atoms with van der Waals surface area (Å²) in [5.74, 6) is -0.450. The topological polar surface area (TPSA) is 69.7 Å². The average Bonchev–Trinajstić information content (AvgIpc) is 2.80. The third-order valence-corrected chi connectivity index (χ3v) is 9.88. The predicted molar refractivity (Wildman–Crippen MR) is 117 cm³/mol. The molecule has 0 N–H and O–H groups in total. The van der Waals surface area contributed by atoms with Crippen LogP contribution in [0.25, 0.3) is 0 Å². The molecule has 0 radical (unpaired) electrons. The molecule has 5 nitrogen and oxygen atoms in total. The lowest BCUT2D eigenvalue weighted by Crippen LogP contribution is -2.73. The molecule has 1 saturated heterocycles. The lowest BCUT2D eigenvalue weighted by molar-refractivity contribution is -0.254. The minimum atomic E-state index is -0.860. The number of Topliss-reactive ketones (excluding diaryl/α,β-unsaturated/α-hetero) is 1. The summed E-state index contributed by atoms with van der Waals surface area (Å²) in [5, 5.41) is 0. The van der Waals surface area contributed by atoms with Gasteiger partial charge in [-0.2, -0.15) is 0 Å². The molecule has 0 amide bonds. The summed E-state index contributed by atoms with van der Waals surface area (Å²) in [6.45, 7) is 6.78. The van der Waals surface area contributed by atoms with Crippen molar-refractivity contribution < 1.29 is 23.9 Å². The van der Waals surface area contributed by atoms with E-state index in [-0.39, 0.29) is 40.9 Å². The molecule has 1 heterocycles. The summed E-state index contributed by atoms with van der Waals surface area (Å²) >= 11 is 0. The van der Waals surface area contributed by atoms with Crippen molar-refractivity contribution in [2.24, 2.45) is 34.0 Å². The Bertz CT molecular complexity index is 1030. The van der Waals surface area contributed by atoms with E-state index in [1.54, 1.807) is 12.1 Å². The Labute approximate surface area is 188 Å². The first-order chi connectivity index (χ1) is 15.3. The molecular formula is C27H30O5. The van der Waals surface area contributed by atoms with Gasteiger partial charge in [-0.3, -0.25) is 9.59 Å². The molecule has 32 heavy (non-hydrogen) atoms. The van der Waals surface area contributed by atoms with E-state index in [0.717, 1.165) is 32.1 Å². The number of ketones is 1. The van der Waals surface area contributed by atoms with E-state index >= 15 is 0 Å². The molecule has 7 rings (SSSR count). The molecule has 1 aromatic carbocycles. The Kier molecular flexibility index (Phi) is 4.14. The summed E-state index contributed by atoms with van der Waals surface area (Å²) in [6.07, 6.45) is 5.05. The molecule has 0 aromatic heterocycles. The van der Waals surface area contributed by atoms with Crippen LogP contribution in [0.2, 0.25) is 0 Å². The molecule has 4 unspecified atom stereocenters. The maximum Gasteiger partial charge on any atom is 0.338 e. The van der Waals surface area contributed by atoms with Gasteiger partial charge in [0.25, 0.3) is 0 Å². The van der Waals surface area contributed by atoms with Crippen LogP contribution >= 0.6 is 0 Å². The van der Waals surface area contributed by atoms with Crippen LogP contribution in [0, 0.1) is 34.0 Å². The van der Waals surface area contributed by atoms with Gasteiger partial charge in [-0.15, -0.1) is 0 Å². The first-order valence-corrected chi connectivity index (χ1v) is 12.0. The Morgan fingerprint density at radius 1 is 1.06 bits per heavy atom. The maximum absolute atomic E-state index is 13.8. The van der Waals surface area contributed by atoms with Crippen molar-refractivity contribution in [1.82, 2.24) is 0 Å². The monoisotopic (exact) mass is 434 g/mol. The summed E-state index contributed by atoms with van der Waals surface area (Å²) in [7, 11) is 0. The zero-order valence-corrected chi connectivity index (χ0v) is 18.6. The summed E-state index contributed by atoms with van der Waals surface area (Å²) in [4.78, 5) is 40.5. The van der Waals surface area contributed by atoms with Gasteiger partial charge >= 0.3 is 11.9 Å². The molecule has 1 aliphatic heterocycles. The number of rotatable bonds is 2. The zero-order chi connectivity index (χ0) is 22.3. The van der Waals surface area contributed by atoms with E-state index in [1.165, 1.54) is 0 Å². The fraction of sp³-hybridized carbons (Fsp3) is 0.593. The minimum absolute atomic E-state index is 0.0225. The van der Waals surface area contributed by atoms with Crippen LogP contribution in [-0.4, -0.2) is 30.4 Å². The Balaban J connectivity index is 1.48. The Morgan fingerprint density at radius 2 is 1.84 bits per heavy atom. The van der Waals surface area contributed by atoms with Crippen molar-refractivity contribution in [3.8, 4) is 0 Å². The van der Waals surface area contributed by atoms with Gasteiger partial charge in [0.05, 0.1) is 23.0 Å². The number of esters is 2. The van der Waals surface area contributed by atoms with Crippen LogP contribution in [0.4, 0.5) is 0 Å². The summed E-state index contributed by atoms with van der Waals surface area (Å²) in [6, 6.07) is 8.98. The fourth-order valence-electron chi connectivity index (χ4n) is 8.41. The quantitative estimate of drug-likeness (QED) is 0.506. The molecule has 1 aromatic rings. The predicted octanol–water partition coefficient (Wildman–Crippen LogP) is 4.51. The first kappa shape index (κ1) is 20.2. The molecule has 168 valence electrons. The van der Waals surface area contributed by atoms with Crippen molar-refractivity contribution in [3.05, 3.63) is 48.0 Å². The molecule has 4 bridgehead atoms. The SMILES string of the molecule is C=C1C(=O)C23CC[C@H]1CC2C12CCC[C@@](C)(COC1=O)C2C[C@H]3OC(=O)c1ccccc1. The van der Waals surface area contributed by atoms with Crippen LogP contribution in [0.3, 0.4) is 0 Å². The number of carbonyl (C=O) groups excluding carboxylic acids is 3. The summed E-state index contributed by atoms with van der Waals surface area (Å²) < 4.78 is 12.1. The van der Waals surface area contributed by atoms with E-state index in [2.05, 4.69) is 13.5 Å². The maximum atomic E-state index is 13.8. The van der Waals surface area contributed by atoms with Crippen molar-refractivity contribution in [3.63, 3.8) is 0 Å². The highest BCUT2D eigenvalue weighted by Crippen LogP contribution is 2.73. The Hall–Kier alpha value is -2.43. The molecule has 6 aliphatic rings. The van der Waals surface area contributed by atoms with Gasteiger partial charge in [0.1, 0.15) is 6.10 Å². The standard InChI is InChI=1S/C27H30O5/c1-16-18-9-12-27(22(16)28)20(13-18)26-11-6-10-25(2,15-31-24(26)30)19(26)14-21(27)32-23(29)17-7-4-3-5-8-17/h3-5,7-8,18-21H,1,6,9-15H2,2H3/t18-,19?,20?,21+,25-,26?,27?/m0/s1. The third-order valence-electron chi connectivity index (χ3n) is 9.88. The van der Waals surface area contributed by atoms with E-state index in [0.29, 0.717) is 30.6 Å². The molecule has 6 fully saturated rings. The number of benzene rings is 1. The van der Waals surface area contributed by atoms with Crippen molar-refractivity contribution in [2.45, 2.75) is 58.0 Å². The van der Waals surface area contributed by atoms with Crippen LogP contribution in [0.1, 0.15) is 62.2 Å². The van der Waals surface area contributed by atoms with Gasteiger partial charge in [0, 0.05) is 5.41 Å². The second kappa shape index (κ2) is 6.55. The number of carbonyl (C=O) groups is 3. The average molecular weight is 435 g/mol. The number of hydrogen-bond donors (Lipinski definition) is 0. The smallest absolute Gasteiger partial charge is 0.338 e. The fourth-order valence-corrected chi connectivity index (χ4v) is 8.41. The zero-order valence-electron chi connectivity index (χ0n) is 18.6. The van der Waals surface area contributed by atoms with E-state index in [9.17, 15) is 14.4 Å². The lowest BCUT2D eigenvalue weighted by atomic mass is 9.35. The largest absolute Gasteiger partial charge is 0.465 e. The van der Waals surface area contributed by atoms with E-state index in [1.807, 2.05) is 18.2 Å². The van der Waals surface area contributed by atoms with E-state index < -0.39 is 16.9 Å². The number of cyclic esters (lactones) is 1. The Morgan fingerprint density at radius 3 is 2.62 bits per heavy atom. The second-order valence-corrected chi connectivity index (χ2v) is 11.1. The lowest BCUT2D eigenvalue weighted by Gasteiger charge is -2.69. The van der Waals surface area contributed by atoms with Gasteiger partial charge in [-0.1, -0.05) is 38.1 Å².